The Bertz CT molecular complexity index is 643. The van der Waals surface area contributed by atoms with Gasteiger partial charge in [-0.2, -0.15) is 0 Å². The molecule has 7 heteroatoms. The topological polar surface area (TPSA) is 107 Å². The summed E-state index contributed by atoms with van der Waals surface area (Å²) < 4.78 is 0. The van der Waals surface area contributed by atoms with E-state index in [0.717, 1.165) is 56.3 Å². The fourth-order valence-corrected chi connectivity index (χ4v) is 7.21. The molecule has 0 aromatic carbocycles. The standard InChI is InChI=1S/C23H36N2O5/c26-19(23-12-15-9-16(13-23)11-17(10-15)14-23)7-8-25-18(21(29)24-22(25)30)5-3-1-2-4-6-20(27)28/h15-19,26H,1-14H2,(H,27,28)(H,24,29,30). The molecule has 5 aliphatic rings. The van der Waals surface area contributed by atoms with Gasteiger partial charge in [-0.25, -0.2) is 4.79 Å². The molecule has 5 rings (SSSR count). The molecule has 7 nitrogen and oxygen atoms in total. The SMILES string of the molecule is O=C(O)CCCCCCC1C(=O)NC(=O)N1CCC(O)C12CC3CC(CC(C3)C1)C2. The summed E-state index contributed by atoms with van der Waals surface area (Å²) >= 11 is 0. The number of amides is 3. The minimum Gasteiger partial charge on any atom is -0.481 e. The lowest BCUT2D eigenvalue weighted by Gasteiger charge is -2.58. The third kappa shape index (κ3) is 4.51. The molecule has 1 aliphatic heterocycles. The molecule has 2 atom stereocenters. The Morgan fingerprint density at radius 3 is 2.23 bits per heavy atom. The predicted molar refractivity (Wildman–Crippen MR) is 111 cm³/mol. The molecule has 1 saturated heterocycles. The van der Waals surface area contributed by atoms with Gasteiger partial charge in [0.1, 0.15) is 6.04 Å². The third-order valence-corrected chi connectivity index (χ3v) is 8.22. The Hall–Kier alpha value is -1.63. The number of rotatable bonds is 11. The average molecular weight is 421 g/mol. The number of nitrogens with one attached hydrogen (secondary N) is 1. The Morgan fingerprint density at radius 2 is 1.63 bits per heavy atom. The van der Waals surface area contributed by atoms with Crippen molar-refractivity contribution >= 4 is 17.9 Å². The van der Waals surface area contributed by atoms with Gasteiger partial charge < -0.3 is 15.1 Å². The van der Waals surface area contributed by atoms with Crippen LogP contribution in [0.5, 0.6) is 0 Å². The number of nitrogens with zero attached hydrogens (tertiary/aromatic N) is 1. The summed E-state index contributed by atoms with van der Waals surface area (Å²) in [5.41, 5.74) is 0.0363. The highest BCUT2D eigenvalue weighted by atomic mass is 16.4. The van der Waals surface area contributed by atoms with Crippen LogP contribution in [-0.2, 0) is 9.59 Å². The van der Waals surface area contributed by atoms with Crippen molar-refractivity contribution in [1.29, 1.82) is 0 Å². The van der Waals surface area contributed by atoms with Gasteiger partial charge in [0.2, 0.25) is 0 Å². The summed E-state index contributed by atoms with van der Waals surface area (Å²) in [6.45, 7) is 0.421. The van der Waals surface area contributed by atoms with E-state index in [9.17, 15) is 19.5 Å². The van der Waals surface area contributed by atoms with Crippen molar-refractivity contribution in [2.45, 2.75) is 95.6 Å². The minimum absolute atomic E-state index is 0.0363. The van der Waals surface area contributed by atoms with Crippen LogP contribution >= 0.6 is 0 Å². The normalized spacial score (nSPS) is 35.7. The number of aliphatic hydroxyl groups excluding tert-OH is 1. The van der Waals surface area contributed by atoms with Crippen molar-refractivity contribution in [3.8, 4) is 0 Å². The molecule has 0 aromatic heterocycles. The van der Waals surface area contributed by atoms with Gasteiger partial charge in [-0.05, 0) is 81.0 Å². The van der Waals surface area contributed by atoms with Crippen LogP contribution < -0.4 is 5.32 Å². The van der Waals surface area contributed by atoms with Gasteiger partial charge in [-0.15, -0.1) is 0 Å². The van der Waals surface area contributed by atoms with E-state index in [4.69, 9.17) is 5.11 Å². The zero-order valence-corrected chi connectivity index (χ0v) is 17.9. The maximum absolute atomic E-state index is 12.3. The van der Waals surface area contributed by atoms with Crippen molar-refractivity contribution in [2.24, 2.45) is 23.2 Å². The highest BCUT2D eigenvalue weighted by Gasteiger charge is 2.54. The summed E-state index contributed by atoms with van der Waals surface area (Å²) in [6.07, 6.45) is 11.4. The van der Waals surface area contributed by atoms with Gasteiger partial charge in [0.05, 0.1) is 6.10 Å². The third-order valence-electron chi connectivity index (χ3n) is 8.22. The zero-order chi connectivity index (χ0) is 21.3. The number of carboxylic acid groups (broad SMARTS) is 1. The number of carboxylic acids is 1. The molecular formula is C23H36N2O5. The number of carbonyl (C=O) groups is 3. The van der Waals surface area contributed by atoms with Crippen LogP contribution in [0.15, 0.2) is 0 Å². The molecule has 2 unspecified atom stereocenters. The number of hydrogen-bond donors (Lipinski definition) is 3. The number of imide groups is 1. The lowest BCUT2D eigenvalue weighted by atomic mass is 9.48. The second-order valence-corrected chi connectivity index (χ2v) is 10.4. The van der Waals surface area contributed by atoms with Gasteiger partial charge in [0, 0.05) is 13.0 Å². The maximum atomic E-state index is 12.3. The van der Waals surface area contributed by atoms with Crippen molar-refractivity contribution in [3.63, 3.8) is 0 Å². The maximum Gasteiger partial charge on any atom is 0.324 e. The summed E-state index contributed by atoms with van der Waals surface area (Å²) in [6, 6.07) is -0.797. The van der Waals surface area contributed by atoms with Crippen LogP contribution in [0.25, 0.3) is 0 Å². The molecule has 5 fully saturated rings. The first-order chi connectivity index (χ1) is 14.4. The Balaban J connectivity index is 1.26. The second-order valence-electron chi connectivity index (χ2n) is 10.4. The van der Waals surface area contributed by atoms with E-state index < -0.39 is 18.1 Å². The molecular weight excluding hydrogens is 384 g/mol. The van der Waals surface area contributed by atoms with Crippen molar-refractivity contribution < 1.29 is 24.6 Å². The molecule has 4 saturated carbocycles. The summed E-state index contributed by atoms with van der Waals surface area (Å²) in [4.78, 5) is 36.8. The molecule has 0 aromatic rings. The lowest BCUT2D eigenvalue weighted by molar-refractivity contribution is -0.137. The largest absolute Gasteiger partial charge is 0.481 e. The highest BCUT2D eigenvalue weighted by molar-refractivity contribution is 6.04. The number of unbranched alkanes of at least 4 members (excludes halogenated alkanes) is 3. The van der Waals surface area contributed by atoms with Crippen LogP contribution in [0.4, 0.5) is 4.79 Å². The van der Waals surface area contributed by atoms with E-state index in [1.807, 2.05) is 0 Å². The van der Waals surface area contributed by atoms with Crippen molar-refractivity contribution in [1.82, 2.24) is 10.2 Å². The summed E-state index contributed by atoms with van der Waals surface area (Å²) in [5, 5.41) is 22.3. The first kappa shape index (κ1) is 21.6. The summed E-state index contributed by atoms with van der Waals surface area (Å²) in [5.74, 6) is 1.30. The number of aliphatic hydroxyl groups is 1. The molecule has 0 radical (unpaired) electrons. The molecule has 3 N–H and O–H groups in total. The Kier molecular flexibility index (Phi) is 6.37. The molecule has 4 aliphatic carbocycles. The molecule has 4 bridgehead atoms. The van der Waals surface area contributed by atoms with E-state index in [0.29, 0.717) is 25.8 Å². The number of aliphatic carboxylic acids is 1. The minimum atomic E-state index is -0.778. The number of carbonyl (C=O) groups excluding carboxylic acids is 2. The fraction of sp³-hybridized carbons (Fsp3) is 0.870. The second kappa shape index (κ2) is 8.85. The summed E-state index contributed by atoms with van der Waals surface area (Å²) in [7, 11) is 0. The van der Waals surface area contributed by atoms with Crippen LogP contribution in [0.2, 0.25) is 0 Å². The number of hydrogen-bond acceptors (Lipinski definition) is 4. The molecule has 1 heterocycles. The van der Waals surface area contributed by atoms with Gasteiger partial charge in [-0.1, -0.05) is 19.3 Å². The van der Waals surface area contributed by atoms with E-state index in [1.54, 1.807) is 4.90 Å². The van der Waals surface area contributed by atoms with Crippen LogP contribution in [0.1, 0.15) is 83.5 Å². The predicted octanol–water partition coefficient (Wildman–Crippen LogP) is 3.30. The van der Waals surface area contributed by atoms with Crippen molar-refractivity contribution in [2.75, 3.05) is 6.54 Å². The molecule has 0 spiro atoms. The van der Waals surface area contributed by atoms with Gasteiger partial charge in [0.25, 0.3) is 5.91 Å². The smallest absolute Gasteiger partial charge is 0.324 e. The van der Waals surface area contributed by atoms with Gasteiger partial charge >= 0.3 is 12.0 Å². The van der Waals surface area contributed by atoms with Gasteiger partial charge in [0.15, 0.2) is 0 Å². The van der Waals surface area contributed by atoms with Crippen LogP contribution in [-0.4, -0.2) is 51.7 Å². The van der Waals surface area contributed by atoms with Crippen LogP contribution in [0.3, 0.4) is 0 Å². The van der Waals surface area contributed by atoms with Crippen LogP contribution in [0, 0.1) is 23.2 Å². The first-order valence-corrected chi connectivity index (χ1v) is 11.9. The molecule has 3 amide bonds. The molecule has 168 valence electrons. The Labute approximate surface area is 178 Å². The van der Waals surface area contributed by atoms with E-state index in [2.05, 4.69) is 5.32 Å². The Morgan fingerprint density at radius 1 is 1.03 bits per heavy atom. The lowest BCUT2D eigenvalue weighted by Crippen LogP contribution is -2.52. The van der Waals surface area contributed by atoms with Gasteiger partial charge in [-0.3, -0.25) is 14.9 Å². The monoisotopic (exact) mass is 420 g/mol. The average Bonchev–Trinajstić information content (AvgIpc) is 2.93. The number of urea groups is 1. The van der Waals surface area contributed by atoms with Crippen molar-refractivity contribution in [3.05, 3.63) is 0 Å². The zero-order valence-electron chi connectivity index (χ0n) is 17.9. The molecule has 30 heavy (non-hydrogen) atoms. The fourth-order valence-electron chi connectivity index (χ4n) is 7.21. The quantitative estimate of drug-likeness (QED) is 0.351. The first-order valence-electron chi connectivity index (χ1n) is 11.9. The van der Waals surface area contributed by atoms with E-state index in [-0.39, 0.29) is 23.8 Å². The highest BCUT2D eigenvalue weighted by Crippen LogP contribution is 2.61. The van der Waals surface area contributed by atoms with E-state index >= 15 is 0 Å². The van der Waals surface area contributed by atoms with E-state index in [1.165, 1.54) is 19.3 Å².